The number of ether oxygens (including phenoxy) is 1. The largest absolute Gasteiger partial charge is 0.453 e. The highest BCUT2D eigenvalue weighted by atomic mass is 32.1. The van der Waals surface area contributed by atoms with Gasteiger partial charge in [-0.05, 0) is 55.6 Å². The van der Waals surface area contributed by atoms with Crippen LogP contribution < -0.4 is 15.6 Å². The number of nitrogens with one attached hydrogen (secondary N) is 1. The van der Waals surface area contributed by atoms with Gasteiger partial charge in [0, 0.05) is 56.4 Å². The van der Waals surface area contributed by atoms with E-state index in [9.17, 15) is 14.0 Å². The van der Waals surface area contributed by atoms with Gasteiger partial charge in [-0.3, -0.25) is 19.5 Å². The molecule has 44 heavy (non-hydrogen) atoms. The summed E-state index contributed by atoms with van der Waals surface area (Å²) in [5, 5.41) is 6.50. The molecule has 0 atom stereocenters. The minimum Gasteiger partial charge on any atom is -0.453 e. The maximum absolute atomic E-state index is 15.1. The summed E-state index contributed by atoms with van der Waals surface area (Å²) >= 11 is 1.42. The average Bonchev–Trinajstić information content (AvgIpc) is 3.44. The number of carbonyl (C=O) groups is 1. The Hall–Kier alpha value is -4.96. The molecule has 0 spiro atoms. The first-order chi connectivity index (χ1) is 21.3. The number of pyridine rings is 1. The Labute approximate surface area is 255 Å². The lowest BCUT2D eigenvalue weighted by Gasteiger charge is -2.30. The molecule has 0 saturated carbocycles. The first kappa shape index (κ1) is 29.1. The summed E-state index contributed by atoms with van der Waals surface area (Å²) in [7, 11) is 2.12. The third-order valence-corrected chi connectivity index (χ3v) is 8.11. The topological polar surface area (TPSA) is 92.6 Å². The molecule has 6 rings (SSSR count). The monoisotopic (exact) mass is 612 g/mol. The number of rotatable bonds is 6. The number of thiophene rings is 1. The van der Waals surface area contributed by atoms with Crippen LogP contribution in [0.3, 0.4) is 0 Å². The van der Waals surface area contributed by atoms with Gasteiger partial charge in [0.15, 0.2) is 11.6 Å². The van der Waals surface area contributed by atoms with Gasteiger partial charge in [0.25, 0.3) is 11.5 Å². The number of aromatic nitrogens is 3. The van der Waals surface area contributed by atoms with E-state index in [2.05, 4.69) is 44.1 Å². The number of piperazine rings is 1. The Balaban J connectivity index is 1.15. The zero-order valence-electron chi connectivity index (χ0n) is 23.6. The van der Waals surface area contributed by atoms with Gasteiger partial charge >= 0.3 is 0 Å². The normalized spacial score (nSPS) is 13.8. The minimum absolute atomic E-state index is 0.0471. The lowest BCUT2D eigenvalue weighted by atomic mass is 10.2. The minimum atomic E-state index is -0.753. The van der Waals surface area contributed by atoms with Crippen LogP contribution >= 0.6 is 11.3 Å². The molecule has 0 unspecified atom stereocenters. The van der Waals surface area contributed by atoms with Crippen molar-refractivity contribution in [3.05, 3.63) is 105 Å². The Bertz CT molecular complexity index is 1960. The highest BCUT2D eigenvalue weighted by Gasteiger charge is 2.17. The highest BCUT2D eigenvalue weighted by molar-refractivity contribution is 7.19. The third kappa shape index (κ3) is 6.50. The number of hydrogen-bond donors (Lipinski definition) is 1. The summed E-state index contributed by atoms with van der Waals surface area (Å²) < 4.78 is 36.1. The summed E-state index contributed by atoms with van der Waals surface area (Å²) in [4.78, 5) is 35.7. The fourth-order valence-corrected chi connectivity index (χ4v) is 5.57. The van der Waals surface area contributed by atoms with Gasteiger partial charge in [-0.15, -0.1) is 11.3 Å². The zero-order valence-corrected chi connectivity index (χ0v) is 24.4. The van der Waals surface area contributed by atoms with E-state index in [1.807, 2.05) is 6.07 Å². The van der Waals surface area contributed by atoms with E-state index in [0.717, 1.165) is 46.5 Å². The van der Waals surface area contributed by atoms with Crippen molar-refractivity contribution in [3.63, 3.8) is 0 Å². The summed E-state index contributed by atoms with van der Waals surface area (Å²) in [6.45, 7) is 4.74. The van der Waals surface area contributed by atoms with Crippen LogP contribution in [-0.4, -0.2) is 70.2 Å². The van der Waals surface area contributed by atoms with Crippen LogP contribution in [0.5, 0.6) is 11.5 Å². The number of likely N-dealkylation sites (N-methyl/N-ethyl adjacent to an activating group) is 1. The quantitative estimate of drug-likeness (QED) is 0.277. The second kappa shape index (κ2) is 12.7. The molecule has 0 aliphatic carbocycles. The first-order valence-corrected chi connectivity index (χ1v) is 14.6. The maximum Gasteiger partial charge on any atom is 0.284 e. The fourth-order valence-electron chi connectivity index (χ4n) is 4.63. The molecule has 222 valence electrons. The van der Waals surface area contributed by atoms with Crippen LogP contribution in [0.25, 0.3) is 15.9 Å². The van der Waals surface area contributed by atoms with E-state index in [-0.39, 0.29) is 17.0 Å². The van der Waals surface area contributed by atoms with E-state index in [1.54, 1.807) is 12.3 Å². The maximum atomic E-state index is 15.1. The predicted octanol–water partition coefficient (Wildman–Crippen LogP) is 4.76. The molecule has 4 heterocycles. The Morgan fingerprint density at radius 2 is 1.80 bits per heavy atom. The fraction of sp³-hybridized carbons (Fsp3) is 0.188. The molecule has 3 aromatic heterocycles. The van der Waals surface area contributed by atoms with E-state index in [4.69, 9.17) is 4.74 Å². The lowest BCUT2D eigenvalue weighted by Crippen LogP contribution is -2.44. The van der Waals surface area contributed by atoms with Crippen molar-refractivity contribution < 1.29 is 18.3 Å². The van der Waals surface area contributed by atoms with E-state index < -0.39 is 23.1 Å². The van der Waals surface area contributed by atoms with Crippen molar-refractivity contribution >= 4 is 33.1 Å². The van der Waals surface area contributed by atoms with Crippen molar-refractivity contribution in [1.29, 1.82) is 0 Å². The standard InChI is InChI=1S/C32H26F2N6O3S/c1-38-15-17-39(18-16-38)14-2-3-24-20-27-30(44-24)29(11-12-35-27)43-28-9-6-22(19-26(28)34)37-31(41)25-10-13-36-40(32(25)42)23-7-4-21(33)5-8-23/h4-13,19-20H,14-18H2,1H3,(H,37,41). The Morgan fingerprint density at radius 1 is 1.00 bits per heavy atom. The number of anilines is 1. The van der Waals surface area contributed by atoms with Crippen LogP contribution in [0.4, 0.5) is 14.5 Å². The molecular weight excluding hydrogens is 586 g/mol. The number of fused-ring (bicyclic) bond motifs is 1. The zero-order chi connectivity index (χ0) is 30.6. The second-order valence-corrected chi connectivity index (χ2v) is 11.2. The number of halogens is 2. The van der Waals surface area contributed by atoms with Crippen molar-refractivity contribution in [3.8, 4) is 29.0 Å². The van der Waals surface area contributed by atoms with Crippen LogP contribution in [0.15, 0.2) is 77.9 Å². The Morgan fingerprint density at radius 3 is 2.57 bits per heavy atom. The number of amides is 1. The first-order valence-electron chi connectivity index (χ1n) is 13.8. The van der Waals surface area contributed by atoms with E-state index in [0.29, 0.717) is 23.5 Å². The molecule has 1 N–H and O–H groups in total. The van der Waals surface area contributed by atoms with Gasteiger partial charge in [-0.2, -0.15) is 9.78 Å². The molecule has 1 aliphatic heterocycles. The van der Waals surface area contributed by atoms with Crippen molar-refractivity contribution in [2.24, 2.45) is 0 Å². The SMILES string of the molecule is CN1CCN(CC#Cc2cc3nccc(Oc4ccc(NC(=O)c5ccnn(-c6ccc(F)cc6)c5=O)cc4F)c3s2)CC1. The second-order valence-electron chi connectivity index (χ2n) is 10.2. The summed E-state index contributed by atoms with van der Waals surface area (Å²) in [6, 6.07) is 13.9. The molecule has 0 bridgehead atoms. The molecule has 1 saturated heterocycles. The van der Waals surface area contributed by atoms with Crippen LogP contribution in [0, 0.1) is 23.5 Å². The molecule has 1 aliphatic rings. The smallest absolute Gasteiger partial charge is 0.284 e. The molecule has 1 amide bonds. The number of hydrogen-bond acceptors (Lipinski definition) is 8. The number of carbonyl (C=O) groups excluding carboxylic acids is 1. The van der Waals surface area contributed by atoms with Crippen molar-refractivity contribution in [2.45, 2.75) is 0 Å². The number of benzene rings is 2. The molecule has 12 heteroatoms. The van der Waals surface area contributed by atoms with E-state index in [1.165, 1.54) is 60.0 Å². The van der Waals surface area contributed by atoms with Crippen LogP contribution in [-0.2, 0) is 0 Å². The average molecular weight is 613 g/mol. The van der Waals surface area contributed by atoms with Crippen LogP contribution in [0.2, 0.25) is 0 Å². The van der Waals surface area contributed by atoms with Gasteiger partial charge in [0.2, 0.25) is 0 Å². The molecule has 9 nitrogen and oxygen atoms in total. The molecule has 1 fully saturated rings. The summed E-state index contributed by atoms with van der Waals surface area (Å²) in [5.74, 6) is 4.90. The molecule has 0 radical (unpaired) electrons. The van der Waals surface area contributed by atoms with Crippen molar-refractivity contribution in [2.75, 3.05) is 45.1 Å². The van der Waals surface area contributed by atoms with Gasteiger partial charge in [-0.25, -0.2) is 8.78 Å². The van der Waals surface area contributed by atoms with Gasteiger partial charge < -0.3 is 15.0 Å². The lowest BCUT2D eigenvalue weighted by molar-refractivity contribution is 0.102. The molecular formula is C32H26F2N6O3S. The van der Waals surface area contributed by atoms with Crippen molar-refractivity contribution in [1.82, 2.24) is 24.6 Å². The summed E-state index contributed by atoms with van der Waals surface area (Å²) in [5.41, 5.74) is 0.185. The van der Waals surface area contributed by atoms with Crippen LogP contribution in [0.1, 0.15) is 15.2 Å². The number of nitrogens with zero attached hydrogens (tertiary/aromatic N) is 5. The molecule has 2 aromatic carbocycles. The Kier molecular flexibility index (Phi) is 8.42. The predicted molar refractivity (Wildman–Crippen MR) is 165 cm³/mol. The van der Waals surface area contributed by atoms with E-state index >= 15 is 4.39 Å². The van der Waals surface area contributed by atoms with Gasteiger partial charge in [0.1, 0.15) is 17.1 Å². The highest BCUT2D eigenvalue weighted by Crippen LogP contribution is 2.36. The third-order valence-electron chi connectivity index (χ3n) is 7.06. The molecule has 5 aromatic rings. The summed E-state index contributed by atoms with van der Waals surface area (Å²) in [6.07, 6.45) is 2.87. The van der Waals surface area contributed by atoms with Gasteiger partial charge in [0.05, 0.1) is 27.3 Å². The van der Waals surface area contributed by atoms with Gasteiger partial charge in [-0.1, -0.05) is 11.8 Å².